The topological polar surface area (TPSA) is 102 Å². The van der Waals surface area contributed by atoms with Crippen LogP contribution in [0.5, 0.6) is 0 Å². The Kier molecular flexibility index (Phi) is 3.86. The zero-order chi connectivity index (χ0) is 19.4. The van der Waals surface area contributed by atoms with Gasteiger partial charge in [-0.2, -0.15) is 0 Å². The molecule has 1 saturated carbocycles. The second-order valence-electron chi connectivity index (χ2n) is 8.18. The third-order valence-electron chi connectivity index (χ3n) is 5.71. The van der Waals surface area contributed by atoms with Crippen molar-refractivity contribution in [3.63, 3.8) is 0 Å². The van der Waals surface area contributed by atoms with Crippen LogP contribution in [-0.4, -0.2) is 32.9 Å². The van der Waals surface area contributed by atoms with Crippen LogP contribution in [-0.2, 0) is 0 Å². The van der Waals surface area contributed by atoms with Gasteiger partial charge in [0.25, 0.3) is 0 Å². The van der Waals surface area contributed by atoms with E-state index in [0.717, 1.165) is 39.3 Å². The van der Waals surface area contributed by atoms with Gasteiger partial charge >= 0.3 is 0 Å². The fraction of sp³-hybridized carbons (Fsp3) is 0.429. The Balaban J connectivity index is 1.67. The summed E-state index contributed by atoms with van der Waals surface area (Å²) in [6, 6.07) is 6.68. The van der Waals surface area contributed by atoms with Crippen LogP contribution in [0.1, 0.15) is 56.4 Å². The maximum atomic E-state index is 6.27. The molecule has 2 aromatic heterocycles. The zero-order valence-corrected chi connectivity index (χ0v) is 16.3. The Hall–Kier alpha value is -2.96. The van der Waals surface area contributed by atoms with Crippen LogP contribution in [0.15, 0.2) is 34.0 Å². The summed E-state index contributed by atoms with van der Waals surface area (Å²) >= 11 is 0. The van der Waals surface area contributed by atoms with Gasteiger partial charge in [-0.1, -0.05) is 25.9 Å². The van der Waals surface area contributed by atoms with Crippen LogP contribution in [0.2, 0.25) is 0 Å². The molecule has 28 heavy (non-hydrogen) atoms. The third kappa shape index (κ3) is 2.73. The lowest BCUT2D eigenvalue weighted by atomic mass is 9.82. The van der Waals surface area contributed by atoms with Gasteiger partial charge in [-0.15, -0.1) is 0 Å². The lowest BCUT2D eigenvalue weighted by molar-refractivity contribution is 0.426. The normalized spacial score (nSPS) is 21.6. The van der Waals surface area contributed by atoms with E-state index >= 15 is 0 Å². The van der Waals surface area contributed by atoms with Crippen molar-refractivity contribution >= 4 is 28.3 Å². The highest BCUT2D eigenvalue weighted by Crippen LogP contribution is 2.37. The summed E-state index contributed by atoms with van der Waals surface area (Å²) in [5.74, 6) is 1.85. The minimum absolute atomic E-state index is 0.138. The SMILES string of the molecule is CC(C)C1N=C(c2ccc3onc(NC4CC4)c3c2)c2c(N)ncnc2C1C. The second kappa shape index (κ2) is 6.29. The molecule has 0 bridgehead atoms. The number of nitrogens with zero attached hydrogens (tertiary/aromatic N) is 4. The summed E-state index contributed by atoms with van der Waals surface area (Å²) in [5.41, 5.74) is 10.7. The number of benzene rings is 1. The van der Waals surface area contributed by atoms with E-state index in [4.69, 9.17) is 15.2 Å². The van der Waals surface area contributed by atoms with Crippen molar-refractivity contribution in [2.24, 2.45) is 10.9 Å². The van der Waals surface area contributed by atoms with E-state index in [0.29, 0.717) is 17.8 Å². The molecule has 2 atom stereocenters. The van der Waals surface area contributed by atoms with E-state index < -0.39 is 0 Å². The van der Waals surface area contributed by atoms with Crippen molar-refractivity contribution < 1.29 is 4.52 Å². The lowest BCUT2D eigenvalue weighted by Crippen LogP contribution is -2.31. The van der Waals surface area contributed by atoms with Gasteiger partial charge in [0.2, 0.25) is 0 Å². The van der Waals surface area contributed by atoms with Gasteiger partial charge in [0.1, 0.15) is 12.1 Å². The van der Waals surface area contributed by atoms with Crippen LogP contribution >= 0.6 is 0 Å². The average Bonchev–Trinajstić information content (AvgIpc) is 3.41. The van der Waals surface area contributed by atoms with Crippen molar-refractivity contribution in [1.82, 2.24) is 15.1 Å². The van der Waals surface area contributed by atoms with Crippen molar-refractivity contribution in [3.05, 3.63) is 41.3 Å². The van der Waals surface area contributed by atoms with Gasteiger partial charge in [0.15, 0.2) is 11.4 Å². The van der Waals surface area contributed by atoms with E-state index in [1.807, 2.05) is 12.1 Å². The van der Waals surface area contributed by atoms with E-state index in [9.17, 15) is 0 Å². The highest BCUT2D eigenvalue weighted by Gasteiger charge is 2.33. The number of fused-ring (bicyclic) bond motifs is 2. The zero-order valence-electron chi connectivity index (χ0n) is 16.3. The predicted octanol–water partition coefficient (Wildman–Crippen LogP) is 3.75. The molecular formula is C21H24N6O. The van der Waals surface area contributed by atoms with Gasteiger partial charge in [0, 0.05) is 17.5 Å². The number of hydrogen-bond donors (Lipinski definition) is 2. The predicted molar refractivity (Wildman–Crippen MR) is 110 cm³/mol. The Bertz CT molecular complexity index is 1080. The minimum atomic E-state index is 0.138. The van der Waals surface area contributed by atoms with Crippen LogP contribution in [0.3, 0.4) is 0 Å². The Morgan fingerprint density at radius 3 is 2.79 bits per heavy atom. The largest absolute Gasteiger partial charge is 0.383 e. The molecule has 0 spiro atoms. The van der Waals surface area contributed by atoms with Crippen LogP contribution in [0.25, 0.3) is 11.0 Å². The van der Waals surface area contributed by atoms with Gasteiger partial charge < -0.3 is 15.6 Å². The molecule has 5 rings (SSSR count). The molecule has 1 aliphatic heterocycles. The molecule has 1 aromatic carbocycles. The molecule has 1 aliphatic carbocycles. The first-order valence-electron chi connectivity index (χ1n) is 9.87. The lowest BCUT2D eigenvalue weighted by Gasteiger charge is -2.31. The smallest absolute Gasteiger partial charge is 0.177 e. The van der Waals surface area contributed by atoms with Crippen molar-refractivity contribution in [2.75, 3.05) is 11.1 Å². The standard InChI is InChI=1S/C21H24N6O/c1-10(2)17-11(3)18-16(20(22)24-9-23-18)19(26-17)12-4-7-15-14(8-12)21(27-28-15)25-13-5-6-13/h4,7-11,13,17H,5-6H2,1-3H3,(H,25,27)(H2,22,23,24). The van der Waals surface area contributed by atoms with Crippen molar-refractivity contribution in [3.8, 4) is 0 Å². The number of anilines is 2. The second-order valence-corrected chi connectivity index (χ2v) is 8.18. The number of aliphatic imine (C=N–C) groups is 1. The highest BCUT2D eigenvalue weighted by atomic mass is 16.5. The first-order chi connectivity index (χ1) is 13.5. The summed E-state index contributed by atoms with van der Waals surface area (Å²) in [5, 5.41) is 8.60. The van der Waals surface area contributed by atoms with Gasteiger partial charge in [-0.25, -0.2) is 9.97 Å². The van der Waals surface area contributed by atoms with Crippen LogP contribution in [0, 0.1) is 5.92 Å². The first kappa shape index (κ1) is 17.2. The van der Waals surface area contributed by atoms with Gasteiger partial charge in [0.05, 0.1) is 28.4 Å². The van der Waals surface area contributed by atoms with E-state index in [1.165, 1.54) is 12.8 Å². The molecule has 7 nitrogen and oxygen atoms in total. The molecule has 0 radical (unpaired) electrons. The van der Waals surface area contributed by atoms with Crippen LogP contribution in [0.4, 0.5) is 11.6 Å². The molecule has 144 valence electrons. The Morgan fingerprint density at radius 1 is 1.21 bits per heavy atom. The van der Waals surface area contributed by atoms with Crippen molar-refractivity contribution in [1.29, 1.82) is 0 Å². The average molecular weight is 376 g/mol. The summed E-state index contributed by atoms with van der Waals surface area (Å²) in [7, 11) is 0. The molecule has 0 amide bonds. The summed E-state index contributed by atoms with van der Waals surface area (Å²) in [4.78, 5) is 13.9. The van der Waals surface area contributed by atoms with E-state index in [-0.39, 0.29) is 12.0 Å². The molecule has 2 aliphatic rings. The van der Waals surface area contributed by atoms with E-state index in [2.05, 4.69) is 47.3 Å². The quantitative estimate of drug-likeness (QED) is 0.719. The molecule has 3 heterocycles. The molecule has 3 N–H and O–H groups in total. The molecule has 1 fully saturated rings. The fourth-order valence-corrected chi connectivity index (χ4v) is 4.04. The number of nitrogens with two attached hydrogens (primary N) is 1. The minimum Gasteiger partial charge on any atom is -0.383 e. The summed E-state index contributed by atoms with van der Waals surface area (Å²) in [6.07, 6.45) is 3.90. The number of rotatable bonds is 4. The van der Waals surface area contributed by atoms with Gasteiger partial charge in [-0.3, -0.25) is 4.99 Å². The Morgan fingerprint density at radius 2 is 2.04 bits per heavy atom. The maximum absolute atomic E-state index is 6.27. The van der Waals surface area contributed by atoms with E-state index in [1.54, 1.807) is 6.33 Å². The maximum Gasteiger partial charge on any atom is 0.177 e. The number of hydrogen-bond acceptors (Lipinski definition) is 7. The summed E-state index contributed by atoms with van der Waals surface area (Å²) < 4.78 is 5.49. The van der Waals surface area contributed by atoms with Gasteiger partial charge in [-0.05, 0) is 37.0 Å². The highest BCUT2D eigenvalue weighted by molar-refractivity contribution is 6.18. The number of aromatic nitrogens is 3. The first-order valence-corrected chi connectivity index (χ1v) is 9.87. The number of nitrogen functional groups attached to an aromatic ring is 1. The number of nitrogens with one attached hydrogen (secondary N) is 1. The Labute approximate surface area is 163 Å². The van der Waals surface area contributed by atoms with Crippen molar-refractivity contribution in [2.45, 2.75) is 51.6 Å². The van der Waals surface area contributed by atoms with Crippen LogP contribution < -0.4 is 11.1 Å². The molecular weight excluding hydrogens is 352 g/mol. The monoisotopic (exact) mass is 376 g/mol. The molecule has 3 aromatic rings. The molecule has 0 saturated heterocycles. The fourth-order valence-electron chi connectivity index (χ4n) is 4.04. The molecule has 2 unspecified atom stereocenters. The summed E-state index contributed by atoms with van der Waals surface area (Å²) in [6.45, 7) is 6.55. The molecule has 7 heteroatoms. The third-order valence-corrected chi connectivity index (χ3v) is 5.71.